The molecule has 2 nitrogen and oxygen atoms in total. The third-order valence-corrected chi connectivity index (χ3v) is 4.35. The van der Waals surface area contributed by atoms with Gasteiger partial charge in [0.05, 0.1) is 6.10 Å². The van der Waals surface area contributed by atoms with E-state index in [1.54, 1.807) is 0 Å². The van der Waals surface area contributed by atoms with Crippen molar-refractivity contribution in [2.75, 3.05) is 19.6 Å². The van der Waals surface area contributed by atoms with Gasteiger partial charge in [-0.15, -0.1) is 0 Å². The summed E-state index contributed by atoms with van der Waals surface area (Å²) in [5.74, 6) is 1.41. The second kappa shape index (κ2) is 6.02. The van der Waals surface area contributed by atoms with Crippen molar-refractivity contribution in [1.29, 1.82) is 0 Å². The average Bonchev–Trinajstić information content (AvgIpc) is 2.45. The summed E-state index contributed by atoms with van der Waals surface area (Å²) in [4.78, 5) is 2.59. The van der Waals surface area contributed by atoms with E-state index in [1.165, 1.54) is 51.6 Å². The van der Waals surface area contributed by atoms with Crippen molar-refractivity contribution in [3.05, 3.63) is 0 Å². The molecule has 3 unspecified atom stereocenters. The van der Waals surface area contributed by atoms with Crippen molar-refractivity contribution >= 4 is 0 Å². The zero-order valence-electron chi connectivity index (χ0n) is 10.7. The van der Waals surface area contributed by atoms with Crippen LogP contribution in [0.4, 0.5) is 0 Å². The van der Waals surface area contributed by atoms with Gasteiger partial charge in [0.2, 0.25) is 0 Å². The summed E-state index contributed by atoms with van der Waals surface area (Å²) in [5, 5.41) is 10.1. The molecule has 1 saturated heterocycles. The summed E-state index contributed by atoms with van der Waals surface area (Å²) in [6.07, 6.45) is 8.87. The predicted molar refractivity (Wildman–Crippen MR) is 67.4 cm³/mol. The summed E-state index contributed by atoms with van der Waals surface area (Å²) < 4.78 is 0. The highest BCUT2D eigenvalue weighted by Crippen LogP contribution is 2.26. The Morgan fingerprint density at radius 2 is 1.88 bits per heavy atom. The van der Waals surface area contributed by atoms with Crippen LogP contribution in [-0.2, 0) is 0 Å². The molecule has 3 atom stereocenters. The van der Waals surface area contributed by atoms with Crippen molar-refractivity contribution in [1.82, 2.24) is 4.90 Å². The Labute approximate surface area is 100 Å². The van der Waals surface area contributed by atoms with E-state index < -0.39 is 0 Å². The van der Waals surface area contributed by atoms with Crippen molar-refractivity contribution < 1.29 is 5.11 Å². The third kappa shape index (κ3) is 3.46. The maximum Gasteiger partial charge on any atom is 0.0580 e. The number of piperidine rings is 1. The molecule has 2 heteroatoms. The van der Waals surface area contributed by atoms with Gasteiger partial charge in [-0.05, 0) is 44.1 Å². The molecule has 1 heterocycles. The van der Waals surface area contributed by atoms with Gasteiger partial charge in [-0.25, -0.2) is 0 Å². The lowest BCUT2D eigenvalue weighted by molar-refractivity contribution is 0.0612. The molecule has 2 rings (SSSR count). The van der Waals surface area contributed by atoms with Crippen molar-refractivity contribution in [2.45, 2.75) is 58.0 Å². The van der Waals surface area contributed by atoms with E-state index in [2.05, 4.69) is 11.8 Å². The number of aliphatic hydroxyl groups is 1. The number of nitrogens with zero attached hydrogens (tertiary/aromatic N) is 1. The van der Waals surface area contributed by atoms with E-state index >= 15 is 0 Å². The molecular weight excluding hydrogens is 198 g/mol. The molecule has 94 valence electrons. The van der Waals surface area contributed by atoms with Gasteiger partial charge < -0.3 is 10.0 Å². The number of rotatable bonds is 2. The van der Waals surface area contributed by atoms with Crippen molar-refractivity contribution in [2.24, 2.45) is 11.8 Å². The van der Waals surface area contributed by atoms with Crippen molar-refractivity contribution in [3.8, 4) is 0 Å². The van der Waals surface area contributed by atoms with Crippen LogP contribution in [0, 0.1) is 11.8 Å². The molecule has 0 aromatic rings. The van der Waals surface area contributed by atoms with Gasteiger partial charge in [0.25, 0.3) is 0 Å². The lowest BCUT2D eigenvalue weighted by Gasteiger charge is -2.34. The molecule has 1 N–H and O–H groups in total. The molecule has 0 aromatic heterocycles. The lowest BCUT2D eigenvalue weighted by Crippen LogP contribution is -2.40. The van der Waals surface area contributed by atoms with Gasteiger partial charge in [-0.1, -0.05) is 26.2 Å². The van der Waals surface area contributed by atoms with E-state index in [0.29, 0.717) is 5.92 Å². The zero-order chi connectivity index (χ0) is 11.4. The van der Waals surface area contributed by atoms with Crippen LogP contribution in [-0.4, -0.2) is 35.7 Å². The fourth-order valence-corrected chi connectivity index (χ4v) is 3.36. The molecule has 2 aliphatic rings. The summed E-state index contributed by atoms with van der Waals surface area (Å²) in [7, 11) is 0. The minimum atomic E-state index is -0.0280. The molecule has 1 aliphatic heterocycles. The largest absolute Gasteiger partial charge is 0.393 e. The Bertz CT molecular complexity index is 207. The Balaban J connectivity index is 1.82. The average molecular weight is 225 g/mol. The normalized spacial score (nSPS) is 38.2. The van der Waals surface area contributed by atoms with Gasteiger partial charge in [-0.3, -0.25) is 0 Å². The first-order chi connectivity index (χ1) is 7.75. The number of hydrogen-bond donors (Lipinski definition) is 1. The zero-order valence-corrected chi connectivity index (χ0v) is 10.7. The van der Waals surface area contributed by atoms with Crippen LogP contribution in [0.15, 0.2) is 0 Å². The maximum absolute atomic E-state index is 10.1. The molecular formula is C14H27NO. The Morgan fingerprint density at radius 1 is 1.06 bits per heavy atom. The first kappa shape index (κ1) is 12.4. The molecule has 16 heavy (non-hydrogen) atoms. The fourth-order valence-electron chi connectivity index (χ4n) is 3.36. The summed E-state index contributed by atoms with van der Waals surface area (Å²) >= 11 is 0. The number of hydrogen-bond acceptors (Lipinski definition) is 2. The molecule has 0 spiro atoms. The van der Waals surface area contributed by atoms with E-state index in [-0.39, 0.29) is 6.10 Å². The minimum Gasteiger partial charge on any atom is -0.393 e. The highest BCUT2D eigenvalue weighted by Gasteiger charge is 2.25. The second-order valence-corrected chi connectivity index (χ2v) is 5.97. The Hall–Kier alpha value is -0.0800. The molecule has 0 amide bonds. The van der Waals surface area contributed by atoms with Gasteiger partial charge in [-0.2, -0.15) is 0 Å². The van der Waals surface area contributed by atoms with Crippen molar-refractivity contribution in [3.63, 3.8) is 0 Å². The smallest absolute Gasteiger partial charge is 0.0580 e. The standard InChI is InChI=1S/C14H27NO/c1-12-6-5-9-15(10-12)11-13-7-3-2-4-8-14(13)16/h12-14,16H,2-11H2,1H3. The SMILES string of the molecule is CC1CCCN(CC2CCCCCC2O)C1. The summed E-state index contributed by atoms with van der Waals surface area (Å²) in [5.41, 5.74) is 0. The monoisotopic (exact) mass is 225 g/mol. The first-order valence-corrected chi connectivity index (χ1v) is 7.16. The van der Waals surface area contributed by atoms with Crippen LogP contribution >= 0.6 is 0 Å². The summed E-state index contributed by atoms with van der Waals surface area (Å²) in [6.45, 7) is 6.01. The van der Waals surface area contributed by atoms with Gasteiger partial charge >= 0.3 is 0 Å². The third-order valence-electron chi connectivity index (χ3n) is 4.35. The maximum atomic E-state index is 10.1. The lowest BCUT2D eigenvalue weighted by atomic mass is 9.94. The molecule has 0 aromatic carbocycles. The Kier molecular flexibility index (Phi) is 4.66. The highest BCUT2D eigenvalue weighted by molar-refractivity contribution is 4.79. The van der Waals surface area contributed by atoms with Gasteiger partial charge in [0.1, 0.15) is 0 Å². The van der Waals surface area contributed by atoms with Crippen LogP contribution in [0.1, 0.15) is 51.9 Å². The van der Waals surface area contributed by atoms with E-state index in [9.17, 15) is 5.11 Å². The van der Waals surface area contributed by atoms with E-state index in [1.807, 2.05) is 0 Å². The van der Waals surface area contributed by atoms with Crippen LogP contribution < -0.4 is 0 Å². The molecule has 1 aliphatic carbocycles. The van der Waals surface area contributed by atoms with Crippen LogP contribution in [0.25, 0.3) is 0 Å². The van der Waals surface area contributed by atoms with Crippen LogP contribution in [0.2, 0.25) is 0 Å². The molecule has 1 saturated carbocycles. The summed E-state index contributed by atoms with van der Waals surface area (Å²) in [6, 6.07) is 0. The van der Waals surface area contributed by atoms with Crippen LogP contribution in [0.5, 0.6) is 0 Å². The number of likely N-dealkylation sites (tertiary alicyclic amines) is 1. The highest BCUT2D eigenvalue weighted by atomic mass is 16.3. The minimum absolute atomic E-state index is 0.0280. The molecule has 0 bridgehead atoms. The fraction of sp³-hybridized carbons (Fsp3) is 1.00. The number of aliphatic hydroxyl groups excluding tert-OH is 1. The first-order valence-electron chi connectivity index (χ1n) is 7.16. The quantitative estimate of drug-likeness (QED) is 0.730. The van der Waals surface area contributed by atoms with Gasteiger partial charge in [0.15, 0.2) is 0 Å². The topological polar surface area (TPSA) is 23.5 Å². The molecule has 2 fully saturated rings. The second-order valence-electron chi connectivity index (χ2n) is 5.97. The molecule has 0 radical (unpaired) electrons. The van der Waals surface area contributed by atoms with E-state index in [4.69, 9.17) is 0 Å². The van der Waals surface area contributed by atoms with Crippen LogP contribution in [0.3, 0.4) is 0 Å². The van der Waals surface area contributed by atoms with E-state index in [0.717, 1.165) is 18.9 Å². The van der Waals surface area contributed by atoms with Gasteiger partial charge in [0, 0.05) is 13.1 Å². The Morgan fingerprint density at radius 3 is 2.69 bits per heavy atom. The predicted octanol–water partition coefficient (Wildman–Crippen LogP) is 2.66.